The molecule has 0 saturated heterocycles. The zero-order valence-corrected chi connectivity index (χ0v) is 16.8. The molecule has 1 heterocycles. The first-order valence-electron chi connectivity index (χ1n) is 9.11. The van der Waals surface area contributed by atoms with Crippen molar-refractivity contribution in [1.82, 2.24) is 0 Å². The number of Topliss-reactive ketones (excluding diaryl/α,β-unsaturated/α-hetero) is 2. The highest BCUT2D eigenvalue weighted by atomic mass is 32.1. The number of hydrogen-bond donors (Lipinski definition) is 0. The zero-order chi connectivity index (χ0) is 19.4. The van der Waals surface area contributed by atoms with Gasteiger partial charge in [-0.05, 0) is 33.5 Å². The van der Waals surface area contributed by atoms with Crippen molar-refractivity contribution in [2.45, 2.75) is 33.1 Å². The molecular formula is C24H24O2S. The van der Waals surface area contributed by atoms with E-state index in [0.717, 1.165) is 16.7 Å². The van der Waals surface area contributed by atoms with E-state index in [1.807, 2.05) is 92.2 Å². The van der Waals surface area contributed by atoms with E-state index in [9.17, 15) is 9.59 Å². The lowest BCUT2D eigenvalue weighted by molar-refractivity contribution is -0.127. The Kier molecular flexibility index (Phi) is 5.71. The summed E-state index contributed by atoms with van der Waals surface area (Å²) in [5.74, 6) is -0.281. The van der Waals surface area contributed by atoms with Crippen LogP contribution in [0.25, 0.3) is 11.1 Å². The number of benzene rings is 2. The fraction of sp³-hybridized carbons (Fsp3) is 0.250. The molecule has 0 unspecified atom stereocenters. The number of carbonyl (C=O) groups excluding carboxylic acids is 2. The molecule has 3 heteroatoms. The smallest absolute Gasteiger partial charge is 0.163 e. The second kappa shape index (κ2) is 8.01. The fourth-order valence-electron chi connectivity index (χ4n) is 3.14. The van der Waals surface area contributed by atoms with Crippen LogP contribution in [0, 0.1) is 5.41 Å². The van der Waals surface area contributed by atoms with Crippen molar-refractivity contribution in [3.8, 4) is 11.1 Å². The first-order chi connectivity index (χ1) is 12.9. The van der Waals surface area contributed by atoms with Gasteiger partial charge >= 0.3 is 0 Å². The molecule has 2 nitrogen and oxygen atoms in total. The van der Waals surface area contributed by atoms with Gasteiger partial charge in [0.25, 0.3) is 0 Å². The van der Waals surface area contributed by atoms with E-state index in [1.54, 1.807) is 11.3 Å². The van der Waals surface area contributed by atoms with Gasteiger partial charge in [-0.3, -0.25) is 9.59 Å². The first-order valence-corrected chi connectivity index (χ1v) is 10.1. The predicted octanol–water partition coefficient (Wildman–Crippen LogP) is 6.39. The summed E-state index contributed by atoms with van der Waals surface area (Å²) in [6.07, 6.45) is 0.206. The molecule has 2 aromatic carbocycles. The molecule has 3 aromatic rings. The molecule has 0 aliphatic rings. The molecule has 1 aromatic heterocycles. The van der Waals surface area contributed by atoms with Crippen LogP contribution in [0.1, 0.15) is 49.0 Å². The van der Waals surface area contributed by atoms with Gasteiger partial charge in [0.05, 0.1) is 5.92 Å². The summed E-state index contributed by atoms with van der Waals surface area (Å²) in [6, 6.07) is 19.7. The largest absolute Gasteiger partial charge is 0.298 e. The van der Waals surface area contributed by atoms with E-state index in [1.165, 1.54) is 0 Å². The summed E-state index contributed by atoms with van der Waals surface area (Å²) in [4.78, 5) is 25.8. The monoisotopic (exact) mass is 376 g/mol. The molecule has 0 saturated carbocycles. The lowest BCUT2D eigenvalue weighted by Crippen LogP contribution is -2.28. The first kappa shape index (κ1) is 19.2. The summed E-state index contributed by atoms with van der Waals surface area (Å²) in [5.41, 5.74) is 3.30. The van der Waals surface area contributed by atoms with Crippen LogP contribution in [-0.4, -0.2) is 11.6 Å². The molecule has 0 aliphatic heterocycles. The molecular weight excluding hydrogens is 352 g/mol. The van der Waals surface area contributed by atoms with Gasteiger partial charge in [-0.2, -0.15) is 11.3 Å². The second-order valence-corrected chi connectivity index (χ2v) is 8.57. The van der Waals surface area contributed by atoms with Gasteiger partial charge in [-0.25, -0.2) is 0 Å². The topological polar surface area (TPSA) is 34.1 Å². The minimum Gasteiger partial charge on any atom is -0.298 e. The van der Waals surface area contributed by atoms with Crippen LogP contribution in [0.2, 0.25) is 0 Å². The third-order valence-electron chi connectivity index (χ3n) is 4.70. The van der Waals surface area contributed by atoms with Crippen molar-refractivity contribution >= 4 is 22.9 Å². The summed E-state index contributed by atoms with van der Waals surface area (Å²) >= 11 is 1.55. The highest BCUT2D eigenvalue weighted by Crippen LogP contribution is 2.32. The SMILES string of the molecule is CC(C)(C)C(=O)[C@@H](CC(=O)c1ccc(-c2ccccc2)cc1)c1ccsc1. The molecule has 0 fully saturated rings. The molecule has 0 spiro atoms. The average Bonchev–Trinajstić information content (AvgIpc) is 3.20. The van der Waals surface area contributed by atoms with Gasteiger partial charge in [0, 0.05) is 17.4 Å². The highest BCUT2D eigenvalue weighted by Gasteiger charge is 2.32. The maximum atomic E-state index is 12.9. The van der Waals surface area contributed by atoms with Crippen molar-refractivity contribution in [2.75, 3.05) is 0 Å². The van der Waals surface area contributed by atoms with Gasteiger partial charge < -0.3 is 0 Å². The Labute approximate surface area is 164 Å². The van der Waals surface area contributed by atoms with E-state index in [-0.39, 0.29) is 18.0 Å². The van der Waals surface area contributed by atoms with Crippen LogP contribution >= 0.6 is 11.3 Å². The number of carbonyl (C=O) groups is 2. The molecule has 27 heavy (non-hydrogen) atoms. The van der Waals surface area contributed by atoms with Crippen molar-refractivity contribution in [1.29, 1.82) is 0 Å². The van der Waals surface area contributed by atoms with E-state index >= 15 is 0 Å². The molecule has 3 rings (SSSR count). The molecule has 0 N–H and O–H groups in total. The van der Waals surface area contributed by atoms with Crippen molar-refractivity contribution in [2.24, 2.45) is 5.41 Å². The zero-order valence-electron chi connectivity index (χ0n) is 15.9. The molecule has 0 aliphatic carbocycles. The summed E-state index contributed by atoms with van der Waals surface area (Å²) in [6.45, 7) is 5.73. The molecule has 1 atom stereocenters. The lowest BCUT2D eigenvalue weighted by Gasteiger charge is -2.24. The van der Waals surface area contributed by atoms with E-state index < -0.39 is 11.3 Å². The normalized spacial score (nSPS) is 12.6. The minimum atomic E-state index is -0.482. The van der Waals surface area contributed by atoms with Gasteiger partial charge in [0.2, 0.25) is 0 Å². The lowest BCUT2D eigenvalue weighted by atomic mass is 9.78. The maximum Gasteiger partial charge on any atom is 0.163 e. The second-order valence-electron chi connectivity index (χ2n) is 7.79. The van der Waals surface area contributed by atoms with E-state index in [0.29, 0.717) is 5.56 Å². The standard InChI is InChI=1S/C24H24O2S/c1-24(2,3)23(26)21(20-13-14-27-16-20)15-22(25)19-11-9-18(10-12-19)17-7-5-4-6-8-17/h4-14,16,21H,15H2,1-3H3/t21-/m0/s1. The molecule has 0 amide bonds. The number of hydrogen-bond acceptors (Lipinski definition) is 3. The quantitative estimate of drug-likeness (QED) is 0.467. The van der Waals surface area contributed by atoms with E-state index in [4.69, 9.17) is 0 Å². The Morgan fingerprint density at radius 2 is 1.52 bits per heavy atom. The van der Waals surface area contributed by atoms with Crippen LogP contribution < -0.4 is 0 Å². The van der Waals surface area contributed by atoms with Crippen LogP contribution in [0.15, 0.2) is 71.4 Å². The van der Waals surface area contributed by atoms with Gasteiger partial charge in [0.1, 0.15) is 5.78 Å². The third kappa shape index (κ3) is 4.61. The molecule has 0 bridgehead atoms. The third-order valence-corrected chi connectivity index (χ3v) is 5.41. The van der Waals surface area contributed by atoms with Gasteiger partial charge in [-0.15, -0.1) is 0 Å². The van der Waals surface area contributed by atoms with E-state index in [2.05, 4.69) is 0 Å². The molecule has 0 radical (unpaired) electrons. The van der Waals surface area contributed by atoms with Crippen molar-refractivity contribution in [3.63, 3.8) is 0 Å². The number of rotatable bonds is 6. The summed E-state index contributed by atoms with van der Waals surface area (Å²) in [5, 5.41) is 3.93. The van der Waals surface area contributed by atoms with Gasteiger partial charge in [-0.1, -0.05) is 75.4 Å². The Bertz CT molecular complexity index is 901. The Morgan fingerprint density at radius 3 is 2.07 bits per heavy atom. The fourth-order valence-corrected chi connectivity index (χ4v) is 3.85. The predicted molar refractivity (Wildman–Crippen MR) is 112 cm³/mol. The maximum absolute atomic E-state index is 12.9. The Hall–Kier alpha value is -2.52. The number of thiophene rings is 1. The number of ketones is 2. The van der Waals surface area contributed by atoms with Gasteiger partial charge in [0.15, 0.2) is 5.78 Å². The van der Waals surface area contributed by atoms with Crippen molar-refractivity contribution in [3.05, 3.63) is 82.6 Å². The Balaban J connectivity index is 1.81. The van der Waals surface area contributed by atoms with Crippen LogP contribution in [0.4, 0.5) is 0 Å². The van der Waals surface area contributed by atoms with Crippen LogP contribution in [0.5, 0.6) is 0 Å². The van der Waals surface area contributed by atoms with Crippen LogP contribution in [0.3, 0.4) is 0 Å². The average molecular weight is 377 g/mol. The van der Waals surface area contributed by atoms with Crippen LogP contribution in [-0.2, 0) is 4.79 Å². The summed E-state index contributed by atoms with van der Waals surface area (Å²) < 4.78 is 0. The molecule has 138 valence electrons. The summed E-state index contributed by atoms with van der Waals surface area (Å²) in [7, 11) is 0. The minimum absolute atomic E-state index is 0.00316. The highest BCUT2D eigenvalue weighted by molar-refractivity contribution is 7.08. The van der Waals surface area contributed by atoms with Crippen molar-refractivity contribution < 1.29 is 9.59 Å². The Morgan fingerprint density at radius 1 is 0.889 bits per heavy atom.